The molecule has 0 radical (unpaired) electrons. The van der Waals surface area contributed by atoms with Crippen molar-refractivity contribution in [1.82, 2.24) is 4.90 Å². The highest BCUT2D eigenvalue weighted by molar-refractivity contribution is 5.72. The van der Waals surface area contributed by atoms with Gasteiger partial charge in [0.1, 0.15) is 11.6 Å². The number of hydrogen-bond donors (Lipinski definition) is 1. The van der Waals surface area contributed by atoms with Crippen LogP contribution in [0.25, 0.3) is 0 Å². The highest BCUT2D eigenvalue weighted by atomic mass is 16.4. The van der Waals surface area contributed by atoms with E-state index in [1.807, 2.05) is 13.8 Å². The predicted molar refractivity (Wildman–Crippen MR) is 47.0 cm³/mol. The van der Waals surface area contributed by atoms with Gasteiger partial charge in [-0.05, 0) is 12.8 Å². The number of hydrogen-bond acceptors (Lipinski definition) is 2. The SMILES string of the molecule is CC1(C)CCCN(C(=O)O)C1=C=O. The lowest BCUT2D eigenvalue weighted by atomic mass is 9.81. The fourth-order valence-corrected chi connectivity index (χ4v) is 1.66. The minimum absolute atomic E-state index is 0.256. The summed E-state index contributed by atoms with van der Waals surface area (Å²) in [6.07, 6.45) is 0.567. The Kier molecular flexibility index (Phi) is 2.43. The fraction of sp³-hybridized carbons (Fsp3) is 0.667. The molecule has 0 aliphatic carbocycles. The second kappa shape index (κ2) is 3.23. The van der Waals surface area contributed by atoms with Crippen molar-refractivity contribution < 1.29 is 14.7 Å². The maximum Gasteiger partial charge on any atom is 0.412 e. The Balaban J connectivity index is 3.01. The van der Waals surface area contributed by atoms with Crippen molar-refractivity contribution in [1.29, 1.82) is 0 Å². The summed E-state index contributed by atoms with van der Waals surface area (Å²) in [4.78, 5) is 22.5. The Morgan fingerprint density at radius 1 is 1.62 bits per heavy atom. The fourth-order valence-electron chi connectivity index (χ4n) is 1.66. The molecule has 0 aromatic rings. The van der Waals surface area contributed by atoms with E-state index in [0.29, 0.717) is 6.54 Å². The van der Waals surface area contributed by atoms with Crippen molar-refractivity contribution in [3.8, 4) is 0 Å². The summed E-state index contributed by atoms with van der Waals surface area (Å²) in [7, 11) is 0. The molecule has 0 saturated carbocycles. The lowest BCUT2D eigenvalue weighted by Gasteiger charge is -2.36. The lowest BCUT2D eigenvalue weighted by Crippen LogP contribution is -2.41. The Morgan fingerprint density at radius 3 is 2.62 bits per heavy atom. The second-order valence-electron chi connectivity index (χ2n) is 3.87. The molecule has 0 atom stereocenters. The number of allylic oxidation sites excluding steroid dienone is 1. The molecule has 1 amide bonds. The van der Waals surface area contributed by atoms with Gasteiger partial charge in [0.05, 0.1) is 0 Å². The number of piperidine rings is 1. The summed E-state index contributed by atoms with van der Waals surface area (Å²) >= 11 is 0. The van der Waals surface area contributed by atoms with Gasteiger partial charge in [0.15, 0.2) is 0 Å². The molecule has 0 aromatic carbocycles. The summed E-state index contributed by atoms with van der Waals surface area (Å²) < 4.78 is 0. The molecule has 1 N–H and O–H groups in total. The number of carboxylic acid groups (broad SMARTS) is 1. The van der Waals surface area contributed by atoms with Crippen LogP contribution >= 0.6 is 0 Å². The standard InChI is InChI=1S/C9H13NO3/c1-9(2)4-3-5-10(8(12)13)7(9)6-11/h3-5H2,1-2H3,(H,12,13). The van der Waals surface area contributed by atoms with E-state index in [1.54, 1.807) is 5.94 Å². The summed E-state index contributed by atoms with van der Waals surface area (Å²) in [6.45, 7) is 4.13. The average molecular weight is 183 g/mol. The Morgan fingerprint density at radius 2 is 2.23 bits per heavy atom. The van der Waals surface area contributed by atoms with Crippen LogP contribution in [0.1, 0.15) is 26.7 Å². The van der Waals surface area contributed by atoms with Crippen molar-refractivity contribution in [3.63, 3.8) is 0 Å². The number of amides is 1. The Bertz CT molecular complexity index is 277. The van der Waals surface area contributed by atoms with Gasteiger partial charge in [-0.3, -0.25) is 4.90 Å². The smallest absolute Gasteiger partial charge is 0.412 e. The first-order valence-electron chi connectivity index (χ1n) is 4.25. The molecule has 1 fully saturated rings. The molecule has 0 unspecified atom stereocenters. The number of likely N-dealkylation sites (tertiary alicyclic amines) is 1. The first-order chi connectivity index (χ1) is 5.99. The van der Waals surface area contributed by atoms with Crippen molar-refractivity contribution in [2.24, 2.45) is 5.41 Å². The third-order valence-electron chi connectivity index (χ3n) is 2.42. The molecule has 72 valence electrons. The molecular formula is C9H13NO3. The number of carbonyl (C=O) groups excluding carboxylic acids is 1. The minimum atomic E-state index is -1.06. The van der Waals surface area contributed by atoms with E-state index in [0.717, 1.165) is 17.7 Å². The van der Waals surface area contributed by atoms with Crippen LogP contribution in [0, 0.1) is 5.41 Å². The van der Waals surface area contributed by atoms with Gasteiger partial charge in [0, 0.05) is 12.0 Å². The van der Waals surface area contributed by atoms with E-state index in [2.05, 4.69) is 0 Å². The zero-order valence-corrected chi connectivity index (χ0v) is 7.83. The first kappa shape index (κ1) is 9.81. The molecule has 1 aliphatic rings. The van der Waals surface area contributed by atoms with E-state index in [1.165, 1.54) is 0 Å². The van der Waals surface area contributed by atoms with Crippen molar-refractivity contribution >= 4 is 12.0 Å². The van der Waals surface area contributed by atoms with Crippen LogP contribution in [0.5, 0.6) is 0 Å². The van der Waals surface area contributed by atoms with Gasteiger partial charge in [-0.1, -0.05) is 13.8 Å². The summed E-state index contributed by atoms with van der Waals surface area (Å²) in [5, 5.41) is 8.80. The highest BCUT2D eigenvalue weighted by Crippen LogP contribution is 2.36. The molecular weight excluding hydrogens is 170 g/mol. The van der Waals surface area contributed by atoms with Crippen LogP contribution < -0.4 is 0 Å². The van der Waals surface area contributed by atoms with Crippen LogP contribution in [-0.2, 0) is 4.79 Å². The monoisotopic (exact) mass is 183 g/mol. The quantitative estimate of drug-likeness (QED) is 0.579. The van der Waals surface area contributed by atoms with E-state index < -0.39 is 6.09 Å². The van der Waals surface area contributed by atoms with Gasteiger partial charge in [-0.15, -0.1) is 0 Å². The van der Waals surface area contributed by atoms with Gasteiger partial charge in [-0.2, -0.15) is 0 Å². The van der Waals surface area contributed by atoms with Gasteiger partial charge >= 0.3 is 6.09 Å². The maximum absolute atomic E-state index is 10.7. The maximum atomic E-state index is 10.7. The van der Waals surface area contributed by atoms with Gasteiger partial charge in [0.25, 0.3) is 0 Å². The van der Waals surface area contributed by atoms with Crippen molar-refractivity contribution in [2.45, 2.75) is 26.7 Å². The van der Waals surface area contributed by atoms with Crippen LogP contribution in [0.4, 0.5) is 4.79 Å². The van der Waals surface area contributed by atoms with E-state index in [4.69, 9.17) is 5.11 Å². The molecule has 1 saturated heterocycles. The molecule has 0 bridgehead atoms. The van der Waals surface area contributed by atoms with Gasteiger partial charge in [0.2, 0.25) is 0 Å². The Hall–Kier alpha value is -1.28. The molecule has 4 nitrogen and oxygen atoms in total. The molecule has 0 aromatic heterocycles. The van der Waals surface area contributed by atoms with Gasteiger partial charge < -0.3 is 5.11 Å². The number of carbonyl (C=O) groups is 1. The molecule has 1 rings (SSSR count). The number of rotatable bonds is 0. The minimum Gasteiger partial charge on any atom is -0.465 e. The Labute approximate surface area is 76.8 Å². The van der Waals surface area contributed by atoms with Crippen LogP contribution in [0.2, 0.25) is 0 Å². The predicted octanol–water partition coefficient (Wildman–Crippen LogP) is 1.50. The van der Waals surface area contributed by atoms with Crippen LogP contribution in [-0.4, -0.2) is 28.6 Å². The lowest BCUT2D eigenvalue weighted by molar-refractivity contribution is 0.130. The van der Waals surface area contributed by atoms with E-state index in [-0.39, 0.29) is 11.1 Å². The summed E-state index contributed by atoms with van der Waals surface area (Å²) in [5.41, 5.74) is -0.107. The third kappa shape index (κ3) is 1.73. The highest BCUT2D eigenvalue weighted by Gasteiger charge is 2.35. The normalized spacial score (nSPS) is 21.1. The average Bonchev–Trinajstić information content (AvgIpc) is 2.02. The second-order valence-corrected chi connectivity index (χ2v) is 3.87. The van der Waals surface area contributed by atoms with Crippen LogP contribution in [0.3, 0.4) is 0 Å². The zero-order valence-electron chi connectivity index (χ0n) is 7.83. The van der Waals surface area contributed by atoms with E-state index >= 15 is 0 Å². The summed E-state index contributed by atoms with van der Waals surface area (Å²) in [6, 6.07) is 0. The number of nitrogens with zero attached hydrogens (tertiary/aromatic N) is 1. The van der Waals surface area contributed by atoms with E-state index in [9.17, 15) is 9.59 Å². The van der Waals surface area contributed by atoms with Gasteiger partial charge in [-0.25, -0.2) is 9.59 Å². The molecule has 1 heterocycles. The molecule has 4 heteroatoms. The topological polar surface area (TPSA) is 57.6 Å². The molecule has 1 aliphatic heterocycles. The zero-order chi connectivity index (χ0) is 10.1. The first-order valence-corrected chi connectivity index (χ1v) is 4.25. The molecule has 0 spiro atoms. The van der Waals surface area contributed by atoms with Crippen molar-refractivity contribution in [3.05, 3.63) is 5.70 Å². The largest absolute Gasteiger partial charge is 0.465 e. The van der Waals surface area contributed by atoms with Crippen LogP contribution in [0.15, 0.2) is 5.70 Å². The summed E-state index contributed by atoms with van der Waals surface area (Å²) in [5.74, 6) is 1.74. The van der Waals surface area contributed by atoms with Crippen molar-refractivity contribution in [2.75, 3.05) is 6.54 Å². The third-order valence-corrected chi connectivity index (χ3v) is 2.42. The molecule has 13 heavy (non-hydrogen) atoms.